The Bertz CT molecular complexity index is 448. The van der Waals surface area contributed by atoms with E-state index in [0.29, 0.717) is 22.8 Å². The lowest BCUT2D eigenvalue weighted by Gasteiger charge is -2.26. The highest BCUT2D eigenvalue weighted by Gasteiger charge is 2.12. The minimum Gasteiger partial charge on any atom is -0.398 e. The largest absolute Gasteiger partial charge is 0.398 e. The first kappa shape index (κ1) is 14.1. The molecule has 19 heavy (non-hydrogen) atoms. The zero-order valence-electron chi connectivity index (χ0n) is 10.7. The number of benzene rings is 1. The van der Waals surface area contributed by atoms with Gasteiger partial charge in [-0.25, -0.2) is 0 Å². The van der Waals surface area contributed by atoms with Crippen LogP contribution in [0.3, 0.4) is 0 Å². The molecule has 1 aliphatic rings. The van der Waals surface area contributed by atoms with Gasteiger partial charge in [-0.1, -0.05) is 11.6 Å². The second-order valence-corrected chi connectivity index (χ2v) is 4.88. The molecular weight excluding hydrogens is 266 g/mol. The first-order valence-corrected chi connectivity index (χ1v) is 6.68. The highest BCUT2D eigenvalue weighted by molar-refractivity contribution is 6.31. The third kappa shape index (κ3) is 4.09. The summed E-state index contributed by atoms with van der Waals surface area (Å²) < 4.78 is 5.27. The molecule has 0 bridgehead atoms. The van der Waals surface area contributed by atoms with Gasteiger partial charge in [-0.15, -0.1) is 0 Å². The van der Waals surface area contributed by atoms with E-state index in [9.17, 15) is 4.79 Å². The van der Waals surface area contributed by atoms with Crippen LogP contribution in [0.1, 0.15) is 10.4 Å². The molecule has 0 aromatic heterocycles. The molecular formula is C13H18ClN3O2. The molecule has 0 atom stereocenters. The topological polar surface area (TPSA) is 67.6 Å². The second kappa shape index (κ2) is 6.75. The lowest BCUT2D eigenvalue weighted by atomic mass is 10.1. The lowest BCUT2D eigenvalue weighted by molar-refractivity contribution is 0.0383. The Hall–Kier alpha value is -1.30. The molecule has 1 amide bonds. The van der Waals surface area contributed by atoms with Crippen molar-refractivity contribution in [3.8, 4) is 0 Å². The van der Waals surface area contributed by atoms with Crippen LogP contribution < -0.4 is 11.1 Å². The predicted octanol–water partition coefficient (Wildman–Crippen LogP) is 0.984. The van der Waals surface area contributed by atoms with E-state index < -0.39 is 0 Å². The van der Waals surface area contributed by atoms with Crippen molar-refractivity contribution < 1.29 is 9.53 Å². The summed E-state index contributed by atoms with van der Waals surface area (Å²) in [5.74, 6) is -0.164. The van der Waals surface area contributed by atoms with Crippen molar-refractivity contribution in [1.29, 1.82) is 0 Å². The fourth-order valence-electron chi connectivity index (χ4n) is 1.99. The molecule has 5 nitrogen and oxygen atoms in total. The standard InChI is InChI=1S/C13H18ClN3O2/c14-10-1-2-11(12(15)9-10)13(18)16-3-4-17-5-7-19-8-6-17/h1-2,9H,3-8,15H2,(H,16,18). The van der Waals surface area contributed by atoms with Gasteiger partial charge in [-0.3, -0.25) is 9.69 Å². The summed E-state index contributed by atoms with van der Waals surface area (Å²) in [5, 5.41) is 3.39. The molecule has 3 N–H and O–H groups in total. The van der Waals surface area contributed by atoms with Gasteiger partial charge in [0.15, 0.2) is 0 Å². The SMILES string of the molecule is Nc1cc(Cl)ccc1C(=O)NCCN1CCOCC1. The van der Waals surface area contributed by atoms with Gasteiger partial charge >= 0.3 is 0 Å². The van der Waals surface area contributed by atoms with Crippen molar-refractivity contribution >= 4 is 23.2 Å². The van der Waals surface area contributed by atoms with Gasteiger partial charge in [0.1, 0.15) is 0 Å². The van der Waals surface area contributed by atoms with E-state index in [4.69, 9.17) is 22.1 Å². The van der Waals surface area contributed by atoms with Crippen molar-refractivity contribution in [3.63, 3.8) is 0 Å². The number of carbonyl (C=O) groups excluding carboxylic acids is 1. The van der Waals surface area contributed by atoms with Crippen molar-refractivity contribution in [1.82, 2.24) is 10.2 Å². The van der Waals surface area contributed by atoms with Crippen molar-refractivity contribution in [2.75, 3.05) is 45.1 Å². The molecule has 1 saturated heterocycles. The first-order chi connectivity index (χ1) is 9.16. The van der Waals surface area contributed by atoms with Gasteiger partial charge in [0, 0.05) is 36.9 Å². The first-order valence-electron chi connectivity index (χ1n) is 6.30. The summed E-state index contributed by atoms with van der Waals surface area (Å²) in [4.78, 5) is 14.2. The number of nitrogen functional groups attached to an aromatic ring is 1. The Balaban J connectivity index is 1.80. The molecule has 104 valence electrons. The molecule has 0 aliphatic carbocycles. The normalized spacial score (nSPS) is 16.3. The molecule has 1 aromatic rings. The maximum Gasteiger partial charge on any atom is 0.253 e. The summed E-state index contributed by atoms with van der Waals surface area (Å²) in [6.45, 7) is 4.78. The molecule has 1 aliphatic heterocycles. The van der Waals surface area contributed by atoms with Gasteiger partial charge in [0.05, 0.1) is 18.8 Å². The summed E-state index contributed by atoms with van der Waals surface area (Å²) >= 11 is 5.80. The minimum atomic E-state index is -0.164. The summed E-state index contributed by atoms with van der Waals surface area (Å²) in [6, 6.07) is 4.88. The van der Waals surface area contributed by atoms with Gasteiger partial charge in [0.2, 0.25) is 0 Å². The maximum atomic E-state index is 11.9. The van der Waals surface area contributed by atoms with E-state index in [1.54, 1.807) is 18.2 Å². The Kier molecular flexibility index (Phi) is 5.01. The molecule has 1 fully saturated rings. The van der Waals surface area contributed by atoms with Crippen LogP contribution in [0, 0.1) is 0 Å². The van der Waals surface area contributed by atoms with Gasteiger partial charge in [-0.2, -0.15) is 0 Å². The van der Waals surface area contributed by atoms with E-state index >= 15 is 0 Å². The van der Waals surface area contributed by atoms with E-state index in [1.807, 2.05) is 0 Å². The average molecular weight is 284 g/mol. The van der Waals surface area contributed by atoms with E-state index in [2.05, 4.69) is 10.2 Å². The molecule has 0 unspecified atom stereocenters. The van der Waals surface area contributed by atoms with Crippen LogP contribution in [-0.2, 0) is 4.74 Å². The van der Waals surface area contributed by atoms with Gasteiger partial charge in [-0.05, 0) is 18.2 Å². The number of carbonyl (C=O) groups is 1. The number of nitrogens with two attached hydrogens (primary N) is 1. The second-order valence-electron chi connectivity index (χ2n) is 4.44. The van der Waals surface area contributed by atoms with Crippen molar-refractivity contribution in [3.05, 3.63) is 28.8 Å². The van der Waals surface area contributed by atoms with E-state index in [0.717, 1.165) is 32.8 Å². The van der Waals surface area contributed by atoms with Gasteiger partial charge < -0.3 is 15.8 Å². The molecule has 0 spiro atoms. The number of anilines is 1. The maximum absolute atomic E-state index is 11.9. The van der Waals surface area contributed by atoms with E-state index in [1.165, 1.54) is 0 Å². The van der Waals surface area contributed by atoms with Crippen LogP contribution in [0.4, 0.5) is 5.69 Å². The number of nitrogens with one attached hydrogen (secondary N) is 1. The van der Waals surface area contributed by atoms with Crippen molar-refractivity contribution in [2.24, 2.45) is 0 Å². The molecule has 6 heteroatoms. The summed E-state index contributed by atoms with van der Waals surface area (Å²) in [7, 11) is 0. The minimum absolute atomic E-state index is 0.164. The Labute approximate surface area is 117 Å². The number of rotatable bonds is 4. The van der Waals surface area contributed by atoms with Crippen LogP contribution in [0.5, 0.6) is 0 Å². The lowest BCUT2D eigenvalue weighted by Crippen LogP contribution is -2.41. The quantitative estimate of drug-likeness (QED) is 0.809. The number of morpholine rings is 1. The number of ether oxygens (including phenoxy) is 1. The number of hydrogen-bond acceptors (Lipinski definition) is 4. The number of nitrogens with zero attached hydrogens (tertiary/aromatic N) is 1. The zero-order chi connectivity index (χ0) is 13.7. The predicted molar refractivity (Wildman–Crippen MR) is 75.5 cm³/mol. The zero-order valence-corrected chi connectivity index (χ0v) is 11.4. The Morgan fingerprint density at radius 1 is 1.42 bits per heavy atom. The Morgan fingerprint density at radius 3 is 2.84 bits per heavy atom. The summed E-state index contributed by atoms with van der Waals surface area (Å²) in [6.07, 6.45) is 0. The number of halogens is 1. The third-order valence-electron chi connectivity index (χ3n) is 3.08. The van der Waals surface area contributed by atoms with Crippen LogP contribution in [0.15, 0.2) is 18.2 Å². The van der Waals surface area contributed by atoms with E-state index in [-0.39, 0.29) is 5.91 Å². The molecule has 1 heterocycles. The van der Waals surface area contributed by atoms with Crippen LogP contribution >= 0.6 is 11.6 Å². The Morgan fingerprint density at radius 2 is 2.16 bits per heavy atom. The highest BCUT2D eigenvalue weighted by atomic mass is 35.5. The van der Waals surface area contributed by atoms with Crippen LogP contribution in [-0.4, -0.2) is 50.2 Å². The highest BCUT2D eigenvalue weighted by Crippen LogP contribution is 2.17. The smallest absolute Gasteiger partial charge is 0.253 e. The van der Waals surface area contributed by atoms with Crippen molar-refractivity contribution in [2.45, 2.75) is 0 Å². The van der Waals surface area contributed by atoms with Crippen LogP contribution in [0.25, 0.3) is 0 Å². The molecule has 0 radical (unpaired) electrons. The summed E-state index contributed by atoms with van der Waals surface area (Å²) in [5.41, 5.74) is 6.63. The fraction of sp³-hybridized carbons (Fsp3) is 0.462. The number of amides is 1. The molecule has 0 saturated carbocycles. The molecule has 2 rings (SSSR count). The number of hydrogen-bond donors (Lipinski definition) is 2. The van der Waals surface area contributed by atoms with Crippen LogP contribution in [0.2, 0.25) is 5.02 Å². The third-order valence-corrected chi connectivity index (χ3v) is 3.31. The van der Waals surface area contributed by atoms with Gasteiger partial charge in [0.25, 0.3) is 5.91 Å². The fourth-order valence-corrected chi connectivity index (χ4v) is 2.17. The monoisotopic (exact) mass is 283 g/mol. The molecule has 1 aromatic carbocycles. The average Bonchev–Trinajstić information content (AvgIpc) is 2.39.